The molecule has 0 aliphatic carbocycles. The molecular formula is C17H19F2NO. The first-order valence-corrected chi connectivity index (χ1v) is 6.98. The maximum absolute atomic E-state index is 14.0. The lowest BCUT2D eigenvalue weighted by Gasteiger charge is -2.20. The summed E-state index contributed by atoms with van der Waals surface area (Å²) in [7, 11) is 1.42. The number of ether oxygens (including phenoxy) is 1. The zero-order valence-electron chi connectivity index (χ0n) is 12.2. The van der Waals surface area contributed by atoms with Gasteiger partial charge in [-0.2, -0.15) is 0 Å². The van der Waals surface area contributed by atoms with Gasteiger partial charge in [0, 0.05) is 5.56 Å². The second-order valence-corrected chi connectivity index (χ2v) is 4.80. The molecule has 0 radical (unpaired) electrons. The van der Waals surface area contributed by atoms with Crippen molar-refractivity contribution in [1.82, 2.24) is 5.32 Å². The van der Waals surface area contributed by atoms with Gasteiger partial charge in [-0.1, -0.05) is 31.2 Å². The van der Waals surface area contributed by atoms with Crippen LogP contribution in [0.15, 0.2) is 42.5 Å². The molecule has 1 unspecified atom stereocenters. The van der Waals surface area contributed by atoms with E-state index in [0.717, 1.165) is 6.42 Å². The second-order valence-electron chi connectivity index (χ2n) is 4.80. The molecule has 0 aromatic heterocycles. The van der Waals surface area contributed by atoms with Crippen molar-refractivity contribution in [3.63, 3.8) is 0 Å². The number of rotatable bonds is 6. The minimum absolute atomic E-state index is 0.182. The highest BCUT2D eigenvalue weighted by molar-refractivity contribution is 5.37. The predicted molar refractivity (Wildman–Crippen MR) is 79.5 cm³/mol. The van der Waals surface area contributed by atoms with E-state index in [1.165, 1.54) is 19.2 Å². The van der Waals surface area contributed by atoms with Crippen LogP contribution < -0.4 is 10.1 Å². The van der Waals surface area contributed by atoms with Crippen LogP contribution in [0, 0.1) is 11.6 Å². The van der Waals surface area contributed by atoms with E-state index < -0.39 is 5.82 Å². The van der Waals surface area contributed by atoms with E-state index in [2.05, 4.69) is 5.32 Å². The summed E-state index contributed by atoms with van der Waals surface area (Å²) in [4.78, 5) is 0. The monoisotopic (exact) mass is 291 g/mol. The first-order chi connectivity index (χ1) is 10.2. The van der Waals surface area contributed by atoms with Gasteiger partial charge in [0.1, 0.15) is 5.82 Å². The maximum atomic E-state index is 14.0. The van der Waals surface area contributed by atoms with E-state index >= 15 is 0 Å². The van der Waals surface area contributed by atoms with Gasteiger partial charge in [-0.05, 0) is 36.7 Å². The van der Waals surface area contributed by atoms with Gasteiger partial charge >= 0.3 is 0 Å². The lowest BCUT2D eigenvalue weighted by Crippen LogP contribution is -2.24. The molecule has 0 aliphatic heterocycles. The topological polar surface area (TPSA) is 21.3 Å². The molecular weight excluding hydrogens is 272 g/mol. The third-order valence-electron chi connectivity index (χ3n) is 3.32. The van der Waals surface area contributed by atoms with Crippen molar-refractivity contribution >= 4 is 0 Å². The summed E-state index contributed by atoms with van der Waals surface area (Å²) in [5, 5.41) is 3.26. The smallest absolute Gasteiger partial charge is 0.165 e. The fraction of sp³-hybridized carbons (Fsp3) is 0.294. The third-order valence-corrected chi connectivity index (χ3v) is 3.32. The molecule has 0 saturated carbocycles. The first-order valence-electron chi connectivity index (χ1n) is 6.98. The van der Waals surface area contributed by atoms with Crippen molar-refractivity contribution < 1.29 is 13.5 Å². The summed E-state index contributed by atoms with van der Waals surface area (Å²) < 4.78 is 32.9. The number of halogens is 2. The molecule has 2 aromatic carbocycles. The molecule has 0 bridgehead atoms. The number of benzene rings is 2. The largest absolute Gasteiger partial charge is 0.494 e. The average molecular weight is 291 g/mol. The molecule has 0 heterocycles. The van der Waals surface area contributed by atoms with Crippen LogP contribution in [0.5, 0.6) is 5.75 Å². The van der Waals surface area contributed by atoms with Crippen LogP contribution >= 0.6 is 0 Å². The molecule has 4 heteroatoms. The van der Waals surface area contributed by atoms with E-state index in [0.29, 0.717) is 17.7 Å². The lowest BCUT2D eigenvalue weighted by molar-refractivity contribution is 0.385. The van der Waals surface area contributed by atoms with Crippen molar-refractivity contribution in [2.75, 3.05) is 13.7 Å². The van der Waals surface area contributed by atoms with Crippen LogP contribution in [0.1, 0.15) is 30.5 Å². The second kappa shape index (κ2) is 7.18. The van der Waals surface area contributed by atoms with Crippen LogP contribution in [0.2, 0.25) is 0 Å². The van der Waals surface area contributed by atoms with Crippen molar-refractivity contribution in [3.05, 3.63) is 65.2 Å². The Balaban J connectivity index is 2.40. The highest BCUT2D eigenvalue weighted by Gasteiger charge is 2.18. The van der Waals surface area contributed by atoms with Gasteiger partial charge in [0.15, 0.2) is 11.6 Å². The van der Waals surface area contributed by atoms with Gasteiger partial charge in [0.05, 0.1) is 13.2 Å². The molecule has 1 N–H and O–H groups in total. The van der Waals surface area contributed by atoms with Crippen LogP contribution in [0.3, 0.4) is 0 Å². The molecule has 21 heavy (non-hydrogen) atoms. The van der Waals surface area contributed by atoms with Crippen molar-refractivity contribution in [1.29, 1.82) is 0 Å². The molecule has 0 spiro atoms. The standard InChI is InChI=1S/C17H19F2NO/c1-3-10-20-17(13-6-4-5-7-14(13)18)12-8-9-16(21-2)15(19)11-12/h4-9,11,17,20H,3,10H2,1-2H3. The zero-order chi connectivity index (χ0) is 15.2. The Morgan fingerprint density at radius 2 is 1.86 bits per heavy atom. The number of hydrogen-bond acceptors (Lipinski definition) is 2. The lowest BCUT2D eigenvalue weighted by atomic mass is 9.97. The maximum Gasteiger partial charge on any atom is 0.165 e. The Kier molecular flexibility index (Phi) is 5.28. The van der Waals surface area contributed by atoms with Crippen LogP contribution in [0.4, 0.5) is 8.78 Å². The van der Waals surface area contributed by atoms with Crippen LogP contribution in [0.25, 0.3) is 0 Å². The van der Waals surface area contributed by atoms with Crippen molar-refractivity contribution in [3.8, 4) is 5.75 Å². The molecule has 0 saturated heterocycles. The number of hydrogen-bond donors (Lipinski definition) is 1. The van der Waals surface area contributed by atoms with Gasteiger partial charge in [-0.15, -0.1) is 0 Å². The number of nitrogens with one attached hydrogen (secondary N) is 1. The minimum Gasteiger partial charge on any atom is -0.494 e. The Labute approximate surface area is 123 Å². The molecule has 0 amide bonds. The van der Waals surface area contributed by atoms with E-state index in [-0.39, 0.29) is 17.6 Å². The normalized spacial score (nSPS) is 12.2. The Bertz CT molecular complexity index is 601. The van der Waals surface area contributed by atoms with E-state index in [4.69, 9.17) is 4.74 Å². The Morgan fingerprint density at radius 3 is 2.48 bits per heavy atom. The van der Waals surface area contributed by atoms with Gasteiger partial charge in [-0.25, -0.2) is 8.78 Å². The minimum atomic E-state index is -0.449. The van der Waals surface area contributed by atoms with E-state index in [1.54, 1.807) is 30.3 Å². The predicted octanol–water partition coefficient (Wildman–Crippen LogP) is 4.06. The van der Waals surface area contributed by atoms with Gasteiger partial charge < -0.3 is 10.1 Å². The molecule has 2 rings (SSSR count). The van der Waals surface area contributed by atoms with Gasteiger partial charge in [0.25, 0.3) is 0 Å². The van der Waals surface area contributed by atoms with E-state index in [1.807, 2.05) is 6.92 Å². The highest BCUT2D eigenvalue weighted by atomic mass is 19.1. The zero-order valence-corrected chi connectivity index (χ0v) is 12.2. The molecule has 2 nitrogen and oxygen atoms in total. The summed E-state index contributed by atoms with van der Waals surface area (Å²) in [6.45, 7) is 2.74. The quantitative estimate of drug-likeness (QED) is 0.866. The number of methoxy groups -OCH3 is 1. The van der Waals surface area contributed by atoms with Gasteiger partial charge in [-0.3, -0.25) is 0 Å². The highest BCUT2D eigenvalue weighted by Crippen LogP contribution is 2.27. The molecule has 2 aromatic rings. The summed E-state index contributed by atoms with van der Waals surface area (Å²) in [6, 6.07) is 10.9. The van der Waals surface area contributed by atoms with Crippen LogP contribution in [-0.2, 0) is 0 Å². The van der Waals surface area contributed by atoms with Crippen molar-refractivity contribution in [2.24, 2.45) is 0 Å². The summed E-state index contributed by atoms with van der Waals surface area (Å²) in [5.41, 5.74) is 1.18. The summed E-state index contributed by atoms with van der Waals surface area (Å²) in [6.07, 6.45) is 0.906. The molecule has 112 valence electrons. The molecule has 1 atom stereocenters. The van der Waals surface area contributed by atoms with Crippen molar-refractivity contribution in [2.45, 2.75) is 19.4 Å². The Morgan fingerprint density at radius 1 is 1.10 bits per heavy atom. The molecule has 0 fully saturated rings. The first kappa shape index (κ1) is 15.4. The van der Waals surface area contributed by atoms with E-state index in [9.17, 15) is 8.78 Å². The fourth-order valence-corrected chi connectivity index (χ4v) is 2.27. The Hall–Kier alpha value is -1.94. The third kappa shape index (κ3) is 3.58. The van der Waals surface area contributed by atoms with Crippen LogP contribution in [-0.4, -0.2) is 13.7 Å². The average Bonchev–Trinajstić information content (AvgIpc) is 2.49. The summed E-state index contributed by atoms with van der Waals surface area (Å²) in [5.74, 6) is -0.571. The SMILES string of the molecule is CCCNC(c1ccc(OC)c(F)c1)c1ccccc1F. The molecule has 0 aliphatic rings. The van der Waals surface area contributed by atoms with Gasteiger partial charge in [0.2, 0.25) is 0 Å². The fourth-order valence-electron chi connectivity index (χ4n) is 2.27. The summed E-state index contributed by atoms with van der Waals surface area (Å²) >= 11 is 0.